The molecule has 0 saturated carbocycles. The Balaban J connectivity index is 1.74. The van der Waals surface area contributed by atoms with E-state index in [1.807, 2.05) is 10.3 Å². The fourth-order valence-corrected chi connectivity index (χ4v) is 3.63. The molecule has 1 atom stereocenters. The maximum absolute atomic E-state index is 12.8. The van der Waals surface area contributed by atoms with Crippen LogP contribution >= 0.6 is 11.3 Å². The van der Waals surface area contributed by atoms with Crippen molar-refractivity contribution in [3.63, 3.8) is 0 Å². The van der Waals surface area contributed by atoms with Gasteiger partial charge in [0.05, 0.1) is 18.2 Å². The number of likely N-dealkylation sites (tertiary alicyclic amines) is 1. The van der Waals surface area contributed by atoms with Crippen molar-refractivity contribution in [3.05, 3.63) is 44.8 Å². The molecule has 128 valence electrons. The number of aromatic nitrogens is 3. The van der Waals surface area contributed by atoms with Crippen molar-refractivity contribution >= 4 is 17.2 Å². The van der Waals surface area contributed by atoms with E-state index >= 15 is 0 Å². The number of carbonyl (C=O) groups is 1. The zero-order valence-electron chi connectivity index (χ0n) is 13.6. The van der Waals surface area contributed by atoms with E-state index in [2.05, 4.69) is 10.1 Å². The Kier molecular flexibility index (Phi) is 5.37. The van der Waals surface area contributed by atoms with Crippen LogP contribution in [0.25, 0.3) is 0 Å². The third-order valence-corrected chi connectivity index (χ3v) is 5.04. The molecule has 1 saturated heterocycles. The molecule has 3 rings (SSSR count). The van der Waals surface area contributed by atoms with Gasteiger partial charge in [-0.1, -0.05) is 0 Å². The van der Waals surface area contributed by atoms with Crippen LogP contribution in [-0.4, -0.2) is 52.4 Å². The lowest BCUT2D eigenvalue weighted by atomic mass is 9.98. The van der Waals surface area contributed by atoms with Gasteiger partial charge in [0.2, 0.25) is 0 Å². The van der Waals surface area contributed by atoms with E-state index in [1.165, 1.54) is 16.8 Å². The first-order chi connectivity index (χ1) is 11.7. The molecule has 1 fully saturated rings. The molecule has 3 heterocycles. The van der Waals surface area contributed by atoms with E-state index in [0.717, 1.165) is 17.8 Å². The normalized spacial score (nSPS) is 17.9. The second-order valence-corrected chi connectivity index (χ2v) is 6.66. The van der Waals surface area contributed by atoms with E-state index in [4.69, 9.17) is 4.74 Å². The Hall–Kier alpha value is -2.06. The van der Waals surface area contributed by atoms with Crippen molar-refractivity contribution in [2.45, 2.75) is 25.3 Å². The maximum atomic E-state index is 12.8. The smallest absolute Gasteiger partial charge is 0.274 e. The van der Waals surface area contributed by atoms with Crippen LogP contribution in [0, 0.1) is 0 Å². The summed E-state index contributed by atoms with van der Waals surface area (Å²) in [5, 5.41) is 7.23. The van der Waals surface area contributed by atoms with Gasteiger partial charge in [0.25, 0.3) is 11.5 Å². The van der Waals surface area contributed by atoms with Crippen LogP contribution in [-0.2, 0) is 11.3 Å². The number of rotatable bonds is 5. The number of thiazole rings is 1. The minimum atomic E-state index is -0.233. The number of nitrogens with zero attached hydrogens (tertiary/aromatic N) is 4. The van der Waals surface area contributed by atoms with Crippen LogP contribution in [0.4, 0.5) is 0 Å². The van der Waals surface area contributed by atoms with Crippen molar-refractivity contribution < 1.29 is 9.53 Å². The number of carbonyl (C=O) groups excluding carboxylic acids is 1. The van der Waals surface area contributed by atoms with E-state index in [-0.39, 0.29) is 17.4 Å². The Morgan fingerprint density at radius 1 is 1.46 bits per heavy atom. The molecule has 1 unspecified atom stereocenters. The standard InChI is InChI=1S/C16H20N4O3S/c1-23-9-8-20-14(21)5-4-13(18-20)16(22)19-7-2-3-12(11-19)15-17-6-10-24-15/h4-6,10,12H,2-3,7-9,11H2,1H3. The van der Waals surface area contributed by atoms with Crippen molar-refractivity contribution in [3.8, 4) is 0 Å². The molecule has 0 spiro atoms. The van der Waals surface area contributed by atoms with Gasteiger partial charge < -0.3 is 9.64 Å². The first-order valence-electron chi connectivity index (χ1n) is 7.95. The fraction of sp³-hybridized carbons (Fsp3) is 0.500. The zero-order valence-corrected chi connectivity index (χ0v) is 14.4. The second-order valence-electron chi connectivity index (χ2n) is 5.73. The maximum Gasteiger partial charge on any atom is 0.274 e. The van der Waals surface area contributed by atoms with Gasteiger partial charge in [-0.2, -0.15) is 5.10 Å². The largest absolute Gasteiger partial charge is 0.383 e. The molecule has 0 radical (unpaired) electrons. The third kappa shape index (κ3) is 3.70. The molecule has 2 aromatic rings. The molecule has 0 bridgehead atoms. The predicted molar refractivity (Wildman–Crippen MR) is 90.4 cm³/mol. The van der Waals surface area contributed by atoms with Gasteiger partial charge in [-0.25, -0.2) is 9.67 Å². The van der Waals surface area contributed by atoms with Gasteiger partial charge in [-0.3, -0.25) is 9.59 Å². The third-order valence-electron chi connectivity index (χ3n) is 4.10. The topological polar surface area (TPSA) is 77.3 Å². The fourth-order valence-electron chi connectivity index (χ4n) is 2.86. The van der Waals surface area contributed by atoms with Crippen molar-refractivity contribution in [2.24, 2.45) is 0 Å². The van der Waals surface area contributed by atoms with Crippen molar-refractivity contribution in [1.29, 1.82) is 0 Å². The molecule has 8 heteroatoms. The van der Waals surface area contributed by atoms with Gasteiger partial charge in [0.1, 0.15) is 5.69 Å². The van der Waals surface area contributed by atoms with Gasteiger partial charge in [0, 0.05) is 43.8 Å². The molecule has 0 N–H and O–H groups in total. The summed E-state index contributed by atoms with van der Waals surface area (Å²) in [5.74, 6) is 0.143. The Morgan fingerprint density at radius 2 is 2.33 bits per heavy atom. The Morgan fingerprint density at radius 3 is 3.08 bits per heavy atom. The highest BCUT2D eigenvalue weighted by molar-refractivity contribution is 7.09. The molecular weight excluding hydrogens is 328 g/mol. The summed E-state index contributed by atoms with van der Waals surface area (Å²) in [5.41, 5.74) is 0.0633. The van der Waals surface area contributed by atoms with Crippen molar-refractivity contribution in [2.75, 3.05) is 26.8 Å². The van der Waals surface area contributed by atoms with E-state index in [0.29, 0.717) is 31.9 Å². The molecule has 24 heavy (non-hydrogen) atoms. The van der Waals surface area contributed by atoms with Gasteiger partial charge in [0.15, 0.2) is 0 Å². The molecule has 1 aliphatic rings. The minimum Gasteiger partial charge on any atom is -0.383 e. The monoisotopic (exact) mass is 348 g/mol. The highest BCUT2D eigenvalue weighted by atomic mass is 32.1. The summed E-state index contributed by atoms with van der Waals surface area (Å²) >= 11 is 1.63. The summed E-state index contributed by atoms with van der Waals surface area (Å²) in [6.45, 7) is 2.06. The highest BCUT2D eigenvalue weighted by Crippen LogP contribution is 2.28. The van der Waals surface area contributed by atoms with Crippen LogP contribution < -0.4 is 5.56 Å². The van der Waals surface area contributed by atoms with Crippen LogP contribution in [0.1, 0.15) is 34.3 Å². The minimum absolute atomic E-state index is 0.137. The van der Waals surface area contributed by atoms with E-state index in [9.17, 15) is 9.59 Å². The van der Waals surface area contributed by atoms with Crippen LogP contribution in [0.5, 0.6) is 0 Å². The van der Waals surface area contributed by atoms with E-state index in [1.54, 1.807) is 24.6 Å². The molecule has 0 aliphatic carbocycles. The first-order valence-corrected chi connectivity index (χ1v) is 8.83. The molecule has 0 aromatic carbocycles. The SMILES string of the molecule is COCCn1nc(C(=O)N2CCCC(c3nccs3)C2)ccc1=O. The zero-order chi connectivity index (χ0) is 16.9. The van der Waals surface area contributed by atoms with Crippen LogP contribution in [0.3, 0.4) is 0 Å². The average Bonchev–Trinajstić information content (AvgIpc) is 3.15. The molecule has 7 nitrogen and oxygen atoms in total. The number of methoxy groups -OCH3 is 1. The Bertz CT molecular complexity index is 744. The van der Waals surface area contributed by atoms with E-state index < -0.39 is 0 Å². The summed E-state index contributed by atoms with van der Waals surface area (Å²) in [4.78, 5) is 30.7. The number of hydrogen-bond acceptors (Lipinski definition) is 6. The number of amides is 1. The molecule has 2 aromatic heterocycles. The van der Waals surface area contributed by atoms with Crippen molar-refractivity contribution in [1.82, 2.24) is 19.7 Å². The lowest BCUT2D eigenvalue weighted by molar-refractivity contribution is 0.0697. The average molecular weight is 348 g/mol. The Labute approximate surface area is 143 Å². The lowest BCUT2D eigenvalue weighted by Crippen LogP contribution is -2.40. The predicted octanol–water partition coefficient (Wildman–Crippen LogP) is 1.37. The van der Waals surface area contributed by atoms with Crippen LogP contribution in [0.2, 0.25) is 0 Å². The quantitative estimate of drug-likeness (QED) is 0.815. The summed E-state index contributed by atoms with van der Waals surface area (Å²) in [7, 11) is 1.56. The number of hydrogen-bond donors (Lipinski definition) is 0. The first kappa shape index (κ1) is 16.8. The van der Waals surface area contributed by atoms with Gasteiger partial charge in [-0.05, 0) is 18.9 Å². The summed E-state index contributed by atoms with van der Waals surface area (Å²) in [6.07, 6.45) is 3.78. The van der Waals surface area contributed by atoms with Gasteiger partial charge >= 0.3 is 0 Å². The number of piperidine rings is 1. The molecular formula is C16H20N4O3S. The number of ether oxygens (including phenoxy) is 1. The highest BCUT2D eigenvalue weighted by Gasteiger charge is 2.27. The summed E-state index contributed by atoms with van der Waals surface area (Å²) in [6, 6.07) is 2.89. The van der Waals surface area contributed by atoms with Gasteiger partial charge in [-0.15, -0.1) is 11.3 Å². The lowest BCUT2D eigenvalue weighted by Gasteiger charge is -2.31. The van der Waals surface area contributed by atoms with Crippen LogP contribution in [0.15, 0.2) is 28.5 Å². The summed E-state index contributed by atoms with van der Waals surface area (Å²) < 4.78 is 6.25. The molecule has 1 aliphatic heterocycles. The molecule has 1 amide bonds. The second kappa shape index (κ2) is 7.67.